The Hall–Kier alpha value is -1.85. The van der Waals surface area contributed by atoms with Crippen molar-refractivity contribution in [2.24, 2.45) is 0 Å². The van der Waals surface area contributed by atoms with Crippen molar-refractivity contribution in [2.45, 2.75) is 18.8 Å². The van der Waals surface area contributed by atoms with Crippen LogP contribution in [0.3, 0.4) is 0 Å². The van der Waals surface area contributed by atoms with E-state index in [2.05, 4.69) is 4.74 Å². The van der Waals surface area contributed by atoms with Crippen LogP contribution in [0.2, 0.25) is 0 Å². The number of ether oxygens (including phenoxy) is 3. The minimum atomic E-state index is -2.67. The third-order valence-corrected chi connectivity index (χ3v) is 2.75. The summed E-state index contributed by atoms with van der Waals surface area (Å²) < 4.78 is 40.5. The predicted octanol–water partition coefficient (Wildman–Crippen LogP) is 2.62. The van der Waals surface area contributed by atoms with Gasteiger partial charge in [-0.1, -0.05) is 6.07 Å². The Labute approximate surface area is 110 Å². The summed E-state index contributed by atoms with van der Waals surface area (Å²) in [6.45, 7) is 0. The van der Waals surface area contributed by atoms with Gasteiger partial charge in [0, 0.05) is 0 Å². The molecule has 0 heterocycles. The van der Waals surface area contributed by atoms with Gasteiger partial charge in [0.25, 0.3) is 0 Å². The van der Waals surface area contributed by atoms with Crippen molar-refractivity contribution in [3.05, 3.63) is 23.8 Å². The van der Waals surface area contributed by atoms with Gasteiger partial charge in [-0.15, -0.1) is 0 Å². The van der Waals surface area contributed by atoms with E-state index in [1.165, 1.54) is 39.5 Å². The van der Waals surface area contributed by atoms with E-state index in [0.717, 1.165) is 0 Å². The molecular weight excluding hydrogens is 258 g/mol. The quantitative estimate of drug-likeness (QED) is 0.748. The van der Waals surface area contributed by atoms with Crippen LogP contribution in [0.4, 0.5) is 8.78 Å². The van der Waals surface area contributed by atoms with Gasteiger partial charge < -0.3 is 14.2 Å². The maximum absolute atomic E-state index is 13.0. The summed E-state index contributed by atoms with van der Waals surface area (Å²) in [5.41, 5.74) is 0.304. The van der Waals surface area contributed by atoms with Crippen molar-refractivity contribution in [3.63, 3.8) is 0 Å². The molecule has 1 aromatic carbocycles. The van der Waals surface area contributed by atoms with E-state index in [4.69, 9.17) is 9.47 Å². The highest BCUT2D eigenvalue weighted by Crippen LogP contribution is 2.34. The number of carbonyl (C=O) groups is 1. The largest absolute Gasteiger partial charge is 0.493 e. The van der Waals surface area contributed by atoms with Gasteiger partial charge in [0.2, 0.25) is 6.43 Å². The Morgan fingerprint density at radius 1 is 1.16 bits per heavy atom. The Morgan fingerprint density at radius 2 is 1.79 bits per heavy atom. The second kappa shape index (κ2) is 6.92. The zero-order valence-corrected chi connectivity index (χ0v) is 11.0. The molecule has 1 aromatic rings. The number of alkyl halides is 2. The van der Waals surface area contributed by atoms with E-state index in [9.17, 15) is 13.6 Å². The van der Waals surface area contributed by atoms with E-state index < -0.39 is 18.3 Å². The third kappa shape index (κ3) is 3.81. The molecule has 0 spiro atoms. The first-order chi connectivity index (χ1) is 9.03. The van der Waals surface area contributed by atoms with Gasteiger partial charge in [0.15, 0.2) is 11.5 Å². The molecule has 4 nitrogen and oxygen atoms in total. The van der Waals surface area contributed by atoms with Crippen molar-refractivity contribution in [1.82, 2.24) is 0 Å². The van der Waals surface area contributed by atoms with Gasteiger partial charge in [-0.3, -0.25) is 4.79 Å². The fourth-order valence-corrected chi connectivity index (χ4v) is 1.70. The summed E-state index contributed by atoms with van der Waals surface area (Å²) in [7, 11) is 4.04. The van der Waals surface area contributed by atoms with Crippen LogP contribution >= 0.6 is 0 Å². The number of halogens is 2. The van der Waals surface area contributed by atoms with E-state index in [0.29, 0.717) is 17.1 Å². The molecule has 1 rings (SSSR count). The van der Waals surface area contributed by atoms with Gasteiger partial charge in [0.05, 0.1) is 33.7 Å². The maximum atomic E-state index is 13.0. The molecule has 0 saturated carbocycles. The molecule has 1 unspecified atom stereocenters. The number of hydrogen-bond acceptors (Lipinski definition) is 4. The average molecular weight is 274 g/mol. The van der Waals surface area contributed by atoms with E-state index in [1.807, 2.05) is 0 Å². The summed E-state index contributed by atoms with van der Waals surface area (Å²) in [6, 6.07) is 4.46. The van der Waals surface area contributed by atoms with Crippen LogP contribution in [-0.4, -0.2) is 33.7 Å². The van der Waals surface area contributed by atoms with E-state index in [-0.39, 0.29) is 6.42 Å². The smallest absolute Gasteiger partial charge is 0.306 e. The van der Waals surface area contributed by atoms with Crippen LogP contribution in [0.5, 0.6) is 11.5 Å². The molecule has 0 aliphatic carbocycles. The second-order valence-corrected chi connectivity index (χ2v) is 3.84. The van der Waals surface area contributed by atoms with Crippen molar-refractivity contribution in [1.29, 1.82) is 0 Å². The zero-order valence-electron chi connectivity index (χ0n) is 11.0. The molecular formula is C13H16F2O4. The van der Waals surface area contributed by atoms with Gasteiger partial charge >= 0.3 is 5.97 Å². The Balaban J connectivity index is 3.05. The van der Waals surface area contributed by atoms with Gasteiger partial charge in [-0.05, 0) is 17.7 Å². The van der Waals surface area contributed by atoms with Crippen molar-refractivity contribution >= 4 is 5.97 Å². The van der Waals surface area contributed by atoms with Crippen molar-refractivity contribution in [3.8, 4) is 11.5 Å². The molecule has 0 aliphatic rings. The Kier molecular flexibility index (Phi) is 5.54. The van der Waals surface area contributed by atoms with Gasteiger partial charge in [0.1, 0.15) is 0 Å². The second-order valence-electron chi connectivity index (χ2n) is 3.84. The Morgan fingerprint density at radius 3 is 2.26 bits per heavy atom. The molecule has 106 valence electrons. The van der Waals surface area contributed by atoms with Crippen LogP contribution in [0.25, 0.3) is 0 Å². The zero-order chi connectivity index (χ0) is 14.4. The minimum Gasteiger partial charge on any atom is -0.493 e. The average Bonchev–Trinajstić information content (AvgIpc) is 2.43. The lowest BCUT2D eigenvalue weighted by Gasteiger charge is -2.17. The predicted molar refractivity (Wildman–Crippen MR) is 64.9 cm³/mol. The summed E-state index contributed by atoms with van der Waals surface area (Å²) in [5, 5.41) is 0. The van der Waals surface area contributed by atoms with Crippen LogP contribution in [0.15, 0.2) is 18.2 Å². The molecule has 0 aliphatic heterocycles. The van der Waals surface area contributed by atoms with Crippen LogP contribution < -0.4 is 9.47 Å². The first kappa shape index (κ1) is 15.2. The fraction of sp³-hybridized carbons (Fsp3) is 0.462. The van der Waals surface area contributed by atoms with E-state index >= 15 is 0 Å². The molecule has 0 fully saturated rings. The molecule has 6 heteroatoms. The van der Waals surface area contributed by atoms with Gasteiger partial charge in [-0.25, -0.2) is 8.78 Å². The highest BCUT2D eigenvalue weighted by molar-refractivity contribution is 5.70. The number of hydrogen-bond donors (Lipinski definition) is 0. The molecule has 0 saturated heterocycles. The topological polar surface area (TPSA) is 44.8 Å². The first-order valence-corrected chi connectivity index (χ1v) is 5.60. The fourth-order valence-electron chi connectivity index (χ4n) is 1.70. The molecule has 0 radical (unpaired) electrons. The minimum absolute atomic E-state index is 0.304. The third-order valence-electron chi connectivity index (χ3n) is 2.75. The molecule has 0 N–H and O–H groups in total. The van der Waals surface area contributed by atoms with Crippen molar-refractivity contribution in [2.75, 3.05) is 21.3 Å². The summed E-state index contributed by atoms with van der Waals surface area (Å²) in [4.78, 5) is 11.2. The number of rotatable bonds is 6. The normalized spacial score (nSPS) is 12.1. The summed E-state index contributed by atoms with van der Waals surface area (Å²) in [6.07, 6.45) is -3.05. The van der Waals surface area contributed by atoms with Crippen LogP contribution in [0.1, 0.15) is 17.9 Å². The van der Waals surface area contributed by atoms with E-state index in [1.54, 1.807) is 0 Å². The van der Waals surface area contributed by atoms with Crippen LogP contribution in [-0.2, 0) is 9.53 Å². The number of benzene rings is 1. The SMILES string of the molecule is COC(=O)CC(c1ccc(OC)c(OC)c1)C(F)F. The molecule has 0 amide bonds. The number of esters is 1. The summed E-state index contributed by atoms with van der Waals surface area (Å²) in [5.74, 6) is -1.12. The standard InChI is InChI=1S/C13H16F2O4/c1-17-10-5-4-8(6-11(10)18-2)9(13(14)15)7-12(16)19-3/h4-6,9,13H,7H2,1-3H3. The monoisotopic (exact) mass is 274 g/mol. The molecule has 1 atom stereocenters. The van der Waals surface area contributed by atoms with Crippen LogP contribution in [0, 0.1) is 0 Å². The molecule has 19 heavy (non-hydrogen) atoms. The molecule has 0 bridgehead atoms. The number of carbonyl (C=O) groups excluding carboxylic acids is 1. The number of methoxy groups -OCH3 is 3. The van der Waals surface area contributed by atoms with Gasteiger partial charge in [-0.2, -0.15) is 0 Å². The lowest BCUT2D eigenvalue weighted by Crippen LogP contribution is -2.15. The molecule has 0 aromatic heterocycles. The Bertz CT molecular complexity index is 435. The maximum Gasteiger partial charge on any atom is 0.306 e. The first-order valence-electron chi connectivity index (χ1n) is 5.60. The lowest BCUT2D eigenvalue weighted by atomic mass is 9.96. The highest BCUT2D eigenvalue weighted by Gasteiger charge is 2.26. The highest BCUT2D eigenvalue weighted by atomic mass is 19.3. The lowest BCUT2D eigenvalue weighted by molar-refractivity contribution is -0.142. The summed E-state index contributed by atoms with van der Waals surface area (Å²) >= 11 is 0. The van der Waals surface area contributed by atoms with Crippen molar-refractivity contribution < 1.29 is 27.8 Å².